The molecule has 2 aromatic carbocycles. The third-order valence-electron chi connectivity index (χ3n) is 3.46. The zero-order valence-electron chi connectivity index (χ0n) is 13.7. The molecule has 0 heterocycles. The van der Waals surface area contributed by atoms with Gasteiger partial charge < -0.3 is 20.1 Å². The molecule has 0 bridgehead atoms. The Bertz CT molecular complexity index is 741. The third-order valence-corrected chi connectivity index (χ3v) is 3.46. The van der Waals surface area contributed by atoms with Crippen molar-refractivity contribution in [3.8, 4) is 5.75 Å². The molecule has 0 aliphatic rings. The van der Waals surface area contributed by atoms with Gasteiger partial charge in [0.05, 0.1) is 12.7 Å². The van der Waals surface area contributed by atoms with Gasteiger partial charge in [-0.1, -0.05) is 12.1 Å². The topological polar surface area (TPSA) is 98.9 Å². The van der Waals surface area contributed by atoms with E-state index in [9.17, 15) is 14.4 Å². The Hall–Kier alpha value is -3.19. The van der Waals surface area contributed by atoms with Gasteiger partial charge in [-0.25, -0.2) is 4.79 Å². The molecule has 0 saturated heterocycles. The second-order valence-electron chi connectivity index (χ2n) is 5.09. The predicted octanol–water partition coefficient (Wildman–Crippen LogP) is 1.50. The molecule has 7 heteroatoms. The van der Waals surface area contributed by atoms with Crippen LogP contribution >= 0.6 is 0 Å². The maximum absolute atomic E-state index is 12.1. The predicted molar refractivity (Wildman–Crippen MR) is 91.2 cm³/mol. The van der Waals surface area contributed by atoms with Crippen molar-refractivity contribution in [2.45, 2.75) is 6.54 Å². The zero-order chi connectivity index (χ0) is 18.2. The van der Waals surface area contributed by atoms with Gasteiger partial charge in [0.1, 0.15) is 12.3 Å². The molecule has 0 radical (unpaired) electrons. The highest BCUT2D eigenvalue weighted by Gasteiger charge is 2.12. The standard InChI is InChI=1S/C18H18N2O5/c1-24-17(22)11-20(12-21)15-6-8-16(9-7-15)25-18(23)14-4-2-13(10-19)3-5-14/h2-9,12H,10-11,19H2,1H3. The summed E-state index contributed by atoms with van der Waals surface area (Å²) >= 11 is 0. The highest BCUT2D eigenvalue weighted by Crippen LogP contribution is 2.20. The summed E-state index contributed by atoms with van der Waals surface area (Å²) in [5.74, 6) is -0.720. The molecule has 0 unspecified atom stereocenters. The number of hydrogen-bond acceptors (Lipinski definition) is 6. The number of esters is 2. The minimum absolute atomic E-state index is 0.202. The number of carbonyl (C=O) groups is 3. The van der Waals surface area contributed by atoms with Crippen LogP contribution in [0.2, 0.25) is 0 Å². The fourth-order valence-electron chi connectivity index (χ4n) is 2.04. The number of benzene rings is 2. The van der Waals surface area contributed by atoms with Gasteiger partial charge in [0, 0.05) is 12.2 Å². The first kappa shape index (κ1) is 18.2. The molecular formula is C18H18N2O5. The molecular weight excluding hydrogens is 324 g/mol. The fraction of sp³-hybridized carbons (Fsp3) is 0.167. The van der Waals surface area contributed by atoms with Crippen LogP contribution in [0.15, 0.2) is 48.5 Å². The van der Waals surface area contributed by atoms with E-state index in [0.717, 1.165) is 5.56 Å². The van der Waals surface area contributed by atoms with Crippen molar-refractivity contribution < 1.29 is 23.9 Å². The molecule has 2 N–H and O–H groups in total. The number of nitrogens with two attached hydrogens (primary N) is 1. The van der Waals surface area contributed by atoms with Crippen LogP contribution in [0.5, 0.6) is 5.75 Å². The number of rotatable bonds is 7. The highest BCUT2D eigenvalue weighted by atomic mass is 16.5. The summed E-state index contributed by atoms with van der Waals surface area (Å²) in [7, 11) is 1.24. The van der Waals surface area contributed by atoms with Gasteiger partial charge in [-0.3, -0.25) is 9.59 Å². The second kappa shape index (κ2) is 8.60. The maximum atomic E-state index is 12.1. The third kappa shape index (κ3) is 4.89. The van der Waals surface area contributed by atoms with Crippen molar-refractivity contribution in [1.82, 2.24) is 0 Å². The molecule has 25 heavy (non-hydrogen) atoms. The summed E-state index contributed by atoms with van der Waals surface area (Å²) in [6, 6.07) is 13.0. The minimum atomic E-state index is -0.538. The zero-order valence-corrected chi connectivity index (χ0v) is 13.7. The number of nitrogens with zero attached hydrogens (tertiary/aromatic N) is 1. The smallest absolute Gasteiger partial charge is 0.343 e. The molecule has 0 fully saturated rings. The number of hydrogen-bond donors (Lipinski definition) is 1. The van der Waals surface area contributed by atoms with E-state index in [-0.39, 0.29) is 6.54 Å². The van der Waals surface area contributed by atoms with Gasteiger partial charge >= 0.3 is 11.9 Å². The average Bonchev–Trinajstić information content (AvgIpc) is 2.66. The molecule has 2 rings (SSSR count). The minimum Gasteiger partial charge on any atom is -0.468 e. The van der Waals surface area contributed by atoms with Crippen LogP contribution in [0.1, 0.15) is 15.9 Å². The Morgan fingerprint density at radius 1 is 1.08 bits per heavy atom. The van der Waals surface area contributed by atoms with E-state index in [1.165, 1.54) is 24.1 Å². The molecule has 2 aromatic rings. The van der Waals surface area contributed by atoms with Crippen LogP contribution in [0.3, 0.4) is 0 Å². The first-order valence-corrected chi connectivity index (χ1v) is 7.47. The summed E-state index contributed by atoms with van der Waals surface area (Å²) in [5, 5.41) is 0. The number of anilines is 1. The summed E-state index contributed by atoms with van der Waals surface area (Å²) in [6.45, 7) is 0.197. The Kier molecular flexibility index (Phi) is 6.25. The molecule has 7 nitrogen and oxygen atoms in total. The van der Waals surface area contributed by atoms with E-state index in [4.69, 9.17) is 10.5 Å². The first-order chi connectivity index (χ1) is 12.1. The first-order valence-electron chi connectivity index (χ1n) is 7.47. The lowest BCUT2D eigenvalue weighted by Gasteiger charge is -2.16. The van der Waals surface area contributed by atoms with E-state index in [1.54, 1.807) is 36.4 Å². The molecule has 0 saturated carbocycles. The highest BCUT2D eigenvalue weighted by molar-refractivity contribution is 5.91. The SMILES string of the molecule is COC(=O)CN(C=O)c1ccc(OC(=O)c2ccc(CN)cc2)cc1. The van der Waals surface area contributed by atoms with Crippen LogP contribution in [0, 0.1) is 0 Å². The lowest BCUT2D eigenvalue weighted by Crippen LogP contribution is -2.29. The van der Waals surface area contributed by atoms with Crippen LogP contribution in [0.4, 0.5) is 5.69 Å². The largest absolute Gasteiger partial charge is 0.468 e. The van der Waals surface area contributed by atoms with Crippen molar-refractivity contribution in [2.24, 2.45) is 5.73 Å². The Labute approximate surface area is 144 Å². The van der Waals surface area contributed by atoms with Gasteiger partial charge in [0.15, 0.2) is 0 Å². The summed E-state index contributed by atoms with van der Waals surface area (Å²) in [4.78, 5) is 35.6. The lowest BCUT2D eigenvalue weighted by molar-refractivity contribution is -0.139. The van der Waals surface area contributed by atoms with E-state index in [1.807, 2.05) is 0 Å². The molecule has 130 valence electrons. The monoisotopic (exact) mass is 342 g/mol. The molecule has 0 atom stereocenters. The number of amides is 1. The Balaban J connectivity index is 2.04. The summed E-state index contributed by atoms with van der Waals surface area (Å²) in [5.41, 5.74) is 7.32. The van der Waals surface area contributed by atoms with Gasteiger partial charge in [-0.2, -0.15) is 0 Å². The fourth-order valence-corrected chi connectivity index (χ4v) is 2.04. The van der Waals surface area contributed by atoms with Gasteiger partial charge in [0.2, 0.25) is 6.41 Å². The Morgan fingerprint density at radius 2 is 1.72 bits per heavy atom. The number of ether oxygens (including phenoxy) is 2. The van der Waals surface area contributed by atoms with E-state index >= 15 is 0 Å². The van der Waals surface area contributed by atoms with Crippen LogP contribution in [-0.4, -0.2) is 32.0 Å². The van der Waals surface area contributed by atoms with Gasteiger partial charge in [-0.05, 0) is 42.0 Å². The van der Waals surface area contributed by atoms with E-state index in [2.05, 4.69) is 4.74 Å². The Morgan fingerprint density at radius 3 is 2.24 bits per heavy atom. The van der Waals surface area contributed by atoms with Crippen molar-refractivity contribution in [1.29, 1.82) is 0 Å². The van der Waals surface area contributed by atoms with Crippen molar-refractivity contribution in [3.63, 3.8) is 0 Å². The second-order valence-corrected chi connectivity index (χ2v) is 5.09. The number of methoxy groups -OCH3 is 1. The lowest BCUT2D eigenvalue weighted by atomic mass is 10.1. The molecule has 1 amide bonds. The van der Waals surface area contributed by atoms with E-state index in [0.29, 0.717) is 30.0 Å². The summed E-state index contributed by atoms with van der Waals surface area (Å²) < 4.78 is 9.81. The van der Waals surface area contributed by atoms with Gasteiger partial charge in [-0.15, -0.1) is 0 Å². The number of carbonyl (C=O) groups excluding carboxylic acids is 3. The average molecular weight is 342 g/mol. The van der Waals surface area contributed by atoms with Crippen molar-refractivity contribution in [3.05, 3.63) is 59.7 Å². The molecule has 0 aromatic heterocycles. The normalized spacial score (nSPS) is 10.0. The van der Waals surface area contributed by atoms with Crippen LogP contribution < -0.4 is 15.4 Å². The molecule has 0 spiro atoms. The maximum Gasteiger partial charge on any atom is 0.343 e. The quantitative estimate of drug-likeness (QED) is 0.465. The van der Waals surface area contributed by atoms with E-state index < -0.39 is 11.9 Å². The van der Waals surface area contributed by atoms with Gasteiger partial charge in [0.25, 0.3) is 0 Å². The summed E-state index contributed by atoms with van der Waals surface area (Å²) in [6.07, 6.45) is 0.525. The van der Waals surface area contributed by atoms with Crippen LogP contribution in [0.25, 0.3) is 0 Å². The van der Waals surface area contributed by atoms with Crippen LogP contribution in [-0.2, 0) is 20.9 Å². The van der Waals surface area contributed by atoms with Crippen molar-refractivity contribution in [2.75, 3.05) is 18.6 Å². The molecule has 0 aliphatic carbocycles. The van der Waals surface area contributed by atoms with Crippen molar-refractivity contribution >= 4 is 24.0 Å². The molecule has 0 aliphatic heterocycles.